The third-order valence-corrected chi connectivity index (χ3v) is 4.91. The summed E-state index contributed by atoms with van der Waals surface area (Å²) in [7, 11) is 0. The Morgan fingerprint density at radius 3 is 2.68 bits per heavy atom. The van der Waals surface area contributed by atoms with Gasteiger partial charge in [0.25, 0.3) is 11.7 Å². The van der Waals surface area contributed by atoms with Gasteiger partial charge in [0.2, 0.25) is 5.82 Å². The van der Waals surface area contributed by atoms with Crippen LogP contribution in [-0.2, 0) is 6.18 Å². The number of carbonyl (C=O) groups excluding carboxylic acids is 1. The van der Waals surface area contributed by atoms with Crippen LogP contribution >= 0.6 is 27.3 Å². The van der Waals surface area contributed by atoms with Gasteiger partial charge in [-0.15, -0.1) is 16.4 Å². The first-order chi connectivity index (χ1) is 13.3. The van der Waals surface area contributed by atoms with Crippen LogP contribution < -0.4 is 5.32 Å². The molecule has 0 aliphatic rings. The van der Waals surface area contributed by atoms with Gasteiger partial charge < -0.3 is 5.32 Å². The second-order valence-electron chi connectivity index (χ2n) is 5.46. The molecule has 4 aromatic heterocycles. The predicted octanol–water partition coefficient (Wildman–Crippen LogP) is 4.28. The van der Waals surface area contributed by atoms with Gasteiger partial charge in [-0.1, -0.05) is 6.07 Å². The zero-order valence-corrected chi connectivity index (χ0v) is 16.0. The van der Waals surface area contributed by atoms with E-state index in [2.05, 4.69) is 41.3 Å². The van der Waals surface area contributed by atoms with Crippen LogP contribution in [0.15, 0.2) is 46.4 Å². The number of hydrogen-bond donors (Lipinski definition) is 1. The van der Waals surface area contributed by atoms with Gasteiger partial charge in [-0.3, -0.25) is 4.79 Å². The summed E-state index contributed by atoms with van der Waals surface area (Å²) in [6.07, 6.45) is -3.24. The van der Waals surface area contributed by atoms with E-state index in [0.29, 0.717) is 13.9 Å². The molecule has 4 rings (SSSR count). The fraction of sp³-hybridized carbons (Fsp3) is 0.0625. The van der Waals surface area contributed by atoms with Crippen LogP contribution in [0.1, 0.15) is 16.3 Å². The fourth-order valence-corrected chi connectivity index (χ4v) is 3.26. The molecular formula is C16H8BrF3N6OS. The lowest BCUT2D eigenvalue weighted by Gasteiger charge is -2.09. The van der Waals surface area contributed by atoms with Crippen molar-refractivity contribution in [1.82, 2.24) is 24.6 Å². The number of rotatable bonds is 3. The number of amides is 1. The van der Waals surface area contributed by atoms with Gasteiger partial charge >= 0.3 is 6.18 Å². The predicted molar refractivity (Wildman–Crippen MR) is 99.0 cm³/mol. The van der Waals surface area contributed by atoms with Crippen LogP contribution in [0.2, 0.25) is 0 Å². The first-order valence-electron chi connectivity index (χ1n) is 7.63. The molecule has 0 unspecified atom stereocenters. The number of pyridine rings is 1. The largest absolute Gasteiger partial charge is 0.433 e. The molecule has 0 radical (unpaired) electrons. The van der Waals surface area contributed by atoms with Crippen molar-refractivity contribution in [2.45, 2.75) is 6.18 Å². The van der Waals surface area contributed by atoms with E-state index in [1.165, 1.54) is 23.6 Å². The van der Waals surface area contributed by atoms with Crippen LogP contribution in [0.4, 0.5) is 19.0 Å². The second kappa shape index (κ2) is 6.95. The highest BCUT2D eigenvalue weighted by molar-refractivity contribution is 9.10. The maximum atomic E-state index is 13.5. The highest BCUT2D eigenvalue weighted by atomic mass is 79.9. The molecule has 0 spiro atoms. The Labute approximate surface area is 167 Å². The van der Waals surface area contributed by atoms with Crippen molar-refractivity contribution in [2.75, 3.05) is 5.32 Å². The van der Waals surface area contributed by atoms with Crippen molar-refractivity contribution < 1.29 is 18.0 Å². The Morgan fingerprint density at radius 2 is 2.04 bits per heavy atom. The molecule has 1 N–H and O–H groups in total. The highest BCUT2D eigenvalue weighted by Gasteiger charge is 2.36. The van der Waals surface area contributed by atoms with E-state index in [-0.39, 0.29) is 17.3 Å². The quantitative estimate of drug-likeness (QED) is 0.484. The molecule has 12 heteroatoms. The van der Waals surface area contributed by atoms with E-state index < -0.39 is 23.6 Å². The molecule has 4 heterocycles. The minimum Gasteiger partial charge on any atom is -0.304 e. The average molecular weight is 469 g/mol. The molecule has 142 valence electrons. The smallest absolute Gasteiger partial charge is 0.304 e. The number of halogens is 4. The Balaban J connectivity index is 1.77. The minimum absolute atomic E-state index is 0.101. The molecule has 4 aromatic rings. The number of fused-ring (bicyclic) bond motifs is 1. The Morgan fingerprint density at radius 1 is 1.21 bits per heavy atom. The Kier molecular flexibility index (Phi) is 4.59. The zero-order chi connectivity index (χ0) is 19.9. The van der Waals surface area contributed by atoms with Gasteiger partial charge in [0.1, 0.15) is 5.82 Å². The number of nitrogens with one attached hydrogen (secondary N) is 1. The first-order valence-corrected chi connectivity index (χ1v) is 9.30. The van der Waals surface area contributed by atoms with E-state index in [9.17, 15) is 18.0 Å². The number of hydrogen-bond acceptors (Lipinski definition) is 6. The number of aromatic nitrogens is 5. The summed E-state index contributed by atoms with van der Waals surface area (Å²) in [4.78, 5) is 24.8. The summed E-state index contributed by atoms with van der Waals surface area (Å²) in [5.41, 5.74) is -0.974. The summed E-state index contributed by atoms with van der Waals surface area (Å²) < 4.78 is 41.7. The molecule has 0 fully saturated rings. The maximum absolute atomic E-state index is 13.5. The normalized spacial score (nSPS) is 11.7. The lowest BCUT2D eigenvalue weighted by molar-refractivity contribution is -0.142. The van der Waals surface area contributed by atoms with Crippen LogP contribution in [-0.4, -0.2) is 30.5 Å². The third kappa shape index (κ3) is 3.60. The highest BCUT2D eigenvalue weighted by Crippen LogP contribution is 2.33. The van der Waals surface area contributed by atoms with Gasteiger partial charge in [-0.2, -0.15) is 22.7 Å². The lowest BCUT2D eigenvalue weighted by atomic mass is 10.3. The van der Waals surface area contributed by atoms with Crippen LogP contribution in [0, 0.1) is 0 Å². The Bertz CT molecular complexity index is 1160. The molecule has 28 heavy (non-hydrogen) atoms. The second-order valence-corrected chi connectivity index (χ2v) is 7.33. The third-order valence-electron chi connectivity index (χ3n) is 3.55. The fourth-order valence-electron chi connectivity index (χ4n) is 2.34. The van der Waals surface area contributed by atoms with Crippen molar-refractivity contribution in [3.63, 3.8) is 0 Å². The monoisotopic (exact) mass is 468 g/mol. The van der Waals surface area contributed by atoms with E-state index in [1.807, 2.05) is 0 Å². The molecule has 1 amide bonds. The minimum atomic E-state index is -4.71. The van der Waals surface area contributed by atoms with Gasteiger partial charge in [0, 0.05) is 10.7 Å². The van der Waals surface area contributed by atoms with E-state index in [0.717, 1.165) is 6.07 Å². The van der Waals surface area contributed by atoms with E-state index in [1.54, 1.807) is 23.6 Å². The number of thiophene rings is 1. The first kappa shape index (κ1) is 18.5. The summed E-state index contributed by atoms with van der Waals surface area (Å²) in [5, 5.41) is 7.85. The van der Waals surface area contributed by atoms with Crippen molar-refractivity contribution in [1.29, 1.82) is 0 Å². The van der Waals surface area contributed by atoms with Crippen molar-refractivity contribution >= 4 is 44.8 Å². The molecule has 0 bridgehead atoms. The van der Waals surface area contributed by atoms with Crippen LogP contribution in [0.3, 0.4) is 0 Å². The van der Waals surface area contributed by atoms with Gasteiger partial charge in [0.15, 0.2) is 5.69 Å². The standard InChI is InChI=1S/C16H8BrF3N6OS/c17-8-3-4-12(21-7-8)23-14(27)13-24-15-22-9(10-2-1-5-28-10)6-11(16(18,19)20)26(15)25-13/h1-7H,(H,21,23,27). The summed E-state index contributed by atoms with van der Waals surface area (Å²) in [6.45, 7) is 0. The molecule has 0 atom stereocenters. The van der Waals surface area contributed by atoms with Gasteiger partial charge in [0.05, 0.1) is 10.6 Å². The number of alkyl halides is 3. The molecular weight excluding hydrogens is 461 g/mol. The van der Waals surface area contributed by atoms with Crippen molar-refractivity contribution in [3.8, 4) is 10.6 Å². The SMILES string of the molecule is O=C(Nc1ccc(Br)cn1)c1nc2nc(-c3cccs3)cc(C(F)(F)F)n2n1. The molecule has 7 nitrogen and oxygen atoms in total. The van der Waals surface area contributed by atoms with Crippen molar-refractivity contribution in [2.24, 2.45) is 0 Å². The summed E-state index contributed by atoms with van der Waals surface area (Å²) in [5.74, 6) is -1.38. The Hall–Kier alpha value is -2.86. The number of anilines is 1. The molecule has 0 aliphatic carbocycles. The van der Waals surface area contributed by atoms with Crippen molar-refractivity contribution in [3.05, 3.63) is 57.9 Å². The lowest BCUT2D eigenvalue weighted by Crippen LogP contribution is -2.16. The van der Waals surface area contributed by atoms with Gasteiger partial charge in [-0.05, 0) is 45.6 Å². The molecule has 0 saturated heterocycles. The zero-order valence-electron chi connectivity index (χ0n) is 13.6. The maximum Gasteiger partial charge on any atom is 0.433 e. The van der Waals surface area contributed by atoms with Crippen LogP contribution in [0.5, 0.6) is 0 Å². The molecule has 0 saturated carbocycles. The molecule has 0 aromatic carbocycles. The summed E-state index contributed by atoms with van der Waals surface area (Å²) in [6, 6.07) is 7.40. The van der Waals surface area contributed by atoms with E-state index >= 15 is 0 Å². The summed E-state index contributed by atoms with van der Waals surface area (Å²) >= 11 is 4.45. The van der Waals surface area contributed by atoms with Crippen LogP contribution in [0.25, 0.3) is 16.3 Å². The average Bonchev–Trinajstić information content (AvgIpc) is 3.31. The molecule has 0 aliphatic heterocycles. The van der Waals surface area contributed by atoms with Gasteiger partial charge in [-0.25, -0.2) is 9.97 Å². The van der Waals surface area contributed by atoms with E-state index in [4.69, 9.17) is 0 Å². The number of carbonyl (C=O) groups is 1. The topological polar surface area (TPSA) is 85.1 Å². The number of nitrogens with zero attached hydrogens (tertiary/aromatic N) is 5.